The number of aromatic nitrogens is 1. The summed E-state index contributed by atoms with van der Waals surface area (Å²) in [7, 11) is 0. The topological polar surface area (TPSA) is 82.5 Å². The number of amides is 2. The fraction of sp³-hybridized carbons (Fsp3) is 0.706. The molecule has 0 saturated carbocycles. The van der Waals surface area contributed by atoms with Gasteiger partial charge in [-0.1, -0.05) is 6.92 Å². The normalized spacial score (nSPS) is 20.2. The number of piperidine rings is 1. The molecular formula is C17H24F3N3O3S. The second-order valence-electron chi connectivity index (χ2n) is 6.80. The molecule has 2 amide bonds. The van der Waals surface area contributed by atoms with Gasteiger partial charge < -0.3 is 15.3 Å². The number of carbonyl (C=O) groups is 2. The summed E-state index contributed by atoms with van der Waals surface area (Å²) in [6, 6.07) is 0. The third-order valence-corrected chi connectivity index (χ3v) is 5.65. The summed E-state index contributed by atoms with van der Waals surface area (Å²) in [4.78, 5) is 29.6. The van der Waals surface area contributed by atoms with Gasteiger partial charge in [0.25, 0.3) is 0 Å². The van der Waals surface area contributed by atoms with Crippen LogP contribution in [-0.4, -0.2) is 52.6 Å². The highest BCUT2D eigenvalue weighted by Gasteiger charge is 2.58. The van der Waals surface area contributed by atoms with E-state index in [9.17, 15) is 27.9 Å². The molecule has 6 nitrogen and oxygen atoms in total. The van der Waals surface area contributed by atoms with Crippen LogP contribution in [-0.2, 0) is 15.2 Å². The molecule has 2 rings (SSSR count). The Morgan fingerprint density at radius 1 is 1.44 bits per heavy atom. The molecule has 152 valence electrons. The Hall–Kier alpha value is -1.68. The summed E-state index contributed by atoms with van der Waals surface area (Å²) in [5.41, 5.74) is -2.99. The third-order valence-electron chi connectivity index (χ3n) is 4.54. The molecule has 1 aromatic rings. The second-order valence-corrected chi connectivity index (χ2v) is 7.66. The monoisotopic (exact) mass is 407 g/mol. The van der Waals surface area contributed by atoms with E-state index in [2.05, 4.69) is 10.3 Å². The lowest BCUT2D eigenvalue weighted by atomic mass is 9.94. The van der Waals surface area contributed by atoms with Crippen LogP contribution in [0.2, 0.25) is 0 Å². The van der Waals surface area contributed by atoms with Crippen LogP contribution in [0.25, 0.3) is 0 Å². The smallest absolute Gasteiger partial charge is 0.374 e. The van der Waals surface area contributed by atoms with Gasteiger partial charge in [0.1, 0.15) is 5.01 Å². The number of aliphatic hydroxyl groups is 1. The molecule has 1 aromatic heterocycles. The molecule has 2 heterocycles. The number of hydrogen-bond donors (Lipinski definition) is 2. The van der Waals surface area contributed by atoms with E-state index in [4.69, 9.17) is 0 Å². The molecule has 1 fully saturated rings. The van der Waals surface area contributed by atoms with Crippen molar-refractivity contribution in [2.24, 2.45) is 5.92 Å². The van der Waals surface area contributed by atoms with Gasteiger partial charge in [-0.15, -0.1) is 11.3 Å². The summed E-state index contributed by atoms with van der Waals surface area (Å²) in [5, 5.41) is 13.9. The quantitative estimate of drug-likeness (QED) is 0.759. The van der Waals surface area contributed by atoms with E-state index >= 15 is 0 Å². The zero-order valence-electron chi connectivity index (χ0n) is 15.3. The van der Waals surface area contributed by atoms with Gasteiger partial charge >= 0.3 is 6.18 Å². The van der Waals surface area contributed by atoms with Crippen molar-refractivity contribution in [3.05, 3.63) is 16.1 Å². The van der Waals surface area contributed by atoms with Crippen LogP contribution in [0.5, 0.6) is 0 Å². The van der Waals surface area contributed by atoms with Crippen molar-refractivity contribution in [2.45, 2.75) is 51.3 Å². The highest BCUT2D eigenvalue weighted by atomic mass is 32.1. The summed E-state index contributed by atoms with van der Waals surface area (Å²) < 4.78 is 40.7. The number of aryl methyl sites for hydroxylation is 1. The summed E-state index contributed by atoms with van der Waals surface area (Å²) >= 11 is 0.671. The first-order chi connectivity index (χ1) is 12.6. The third kappa shape index (κ3) is 4.98. The van der Waals surface area contributed by atoms with Gasteiger partial charge in [0, 0.05) is 30.7 Å². The zero-order valence-corrected chi connectivity index (χ0v) is 16.1. The van der Waals surface area contributed by atoms with Crippen LogP contribution >= 0.6 is 11.3 Å². The van der Waals surface area contributed by atoms with Gasteiger partial charge in [-0.05, 0) is 26.2 Å². The molecule has 0 bridgehead atoms. The van der Waals surface area contributed by atoms with E-state index in [1.54, 1.807) is 0 Å². The first-order valence-electron chi connectivity index (χ1n) is 8.85. The van der Waals surface area contributed by atoms with Crippen molar-refractivity contribution >= 4 is 23.2 Å². The maximum absolute atomic E-state index is 13.6. The van der Waals surface area contributed by atoms with Gasteiger partial charge in [-0.25, -0.2) is 4.98 Å². The predicted molar refractivity (Wildman–Crippen MR) is 94.0 cm³/mol. The number of nitrogens with one attached hydrogen (secondary N) is 1. The number of likely N-dealkylation sites (tertiary alicyclic amines) is 1. The molecule has 2 atom stereocenters. The van der Waals surface area contributed by atoms with Gasteiger partial charge in [-0.2, -0.15) is 13.2 Å². The van der Waals surface area contributed by atoms with Crippen LogP contribution in [0.4, 0.5) is 13.2 Å². The highest BCUT2D eigenvalue weighted by molar-refractivity contribution is 7.09. The lowest BCUT2D eigenvalue weighted by Gasteiger charge is -2.35. The van der Waals surface area contributed by atoms with Gasteiger partial charge in [0.05, 0.1) is 12.3 Å². The van der Waals surface area contributed by atoms with E-state index in [0.717, 1.165) is 6.42 Å². The Morgan fingerprint density at radius 3 is 2.70 bits per heavy atom. The zero-order chi connectivity index (χ0) is 20.2. The Bertz CT molecular complexity index is 680. The fourth-order valence-electron chi connectivity index (χ4n) is 2.98. The largest absolute Gasteiger partial charge is 0.424 e. The fourth-order valence-corrected chi connectivity index (χ4v) is 3.90. The van der Waals surface area contributed by atoms with E-state index < -0.39 is 35.0 Å². The number of rotatable bonds is 6. The maximum atomic E-state index is 13.6. The molecule has 0 aliphatic carbocycles. The molecule has 0 radical (unpaired) electrons. The van der Waals surface area contributed by atoms with Crippen molar-refractivity contribution in [3.63, 3.8) is 0 Å². The van der Waals surface area contributed by atoms with E-state index in [-0.39, 0.29) is 19.0 Å². The lowest BCUT2D eigenvalue weighted by Crippen LogP contribution is -2.50. The van der Waals surface area contributed by atoms with Gasteiger partial charge in [0.15, 0.2) is 0 Å². The van der Waals surface area contributed by atoms with Crippen LogP contribution in [0.1, 0.15) is 43.3 Å². The van der Waals surface area contributed by atoms with Crippen LogP contribution in [0, 0.1) is 12.8 Å². The molecule has 1 aliphatic rings. The molecule has 2 unspecified atom stereocenters. The molecular weight excluding hydrogens is 383 g/mol. The number of halogens is 3. The molecule has 27 heavy (non-hydrogen) atoms. The Labute approximate surface area is 159 Å². The van der Waals surface area contributed by atoms with E-state index in [1.807, 2.05) is 6.92 Å². The van der Waals surface area contributed by atoms with E-state index in [0.29, 0.717) is 36.4 Å². The minimum Gasteiger partial charge on any atom is -0.374 e. The lowest BCUT2D eigenvalue weighted by molar-refractivity contribution is -0.268. The average molecular weight is 407 g/mol. The predicted octanol–water partition coefficient (Wildman–Crippen LogP) is 2.36. The summed E-state index contributed by atoms with van der Waals surface area (Å²) in [6.45, 7) is 4.26. The van der Waals surface area contributed by atoms with Crippen molar-refractivity contribution in [1.29, 1.82) is 0 Å². The van der Waals surface area contributed by atoms with Crippen molar-refractivity contribution in [3.8, 4) is 0 Å². The van der Waals surface area contributed by atoms with Crippen molar-refractivity contribution in [1.82, 2.24) is 15.2 Å². The van der Waals surface area contributed by atoms with Gasteiger partial charge in [-0.3, -0.25) is 9.59 Å². The minimum absolute atomic E-state index is 0.0548. The number of nitrogens with zero attached hydrogens (tertiary/aromatic N) is 2. The van der Waals surface area contributed by atoms with E-state index in [1.165, 1.54) is 17.2 Å². The van der Waals surface area contributed by atoms with Crippen molar-refractivity contribution in [2.75, 3.05) is 19.6 Å². The standard InChI is InChI=1S/C17H24F3N3O3S/c1-3-6-21-14(25)12-5-4-7-23(9-12)13(24)8-16(26,17(18,19)20)15-22-11(2)10-27-15/h10,12,26H,3-9H2,1-2H3,(H,21,25). The summed E-state index contributed by atoms with van der Waals surface area (Å²) in [5.74, 6) is -1.48. The number of thiazole rings is 1. The highest BCUT2D eigenvalue weighted by Crippen LogP contribution is 2.43. The SMILES string of the molecule is CCCNC(=O)C1CCCN(C(=O)CC(O)(c2nc(C)cs2)C(F)(F)F)C1. The molecule has 0 spiro atoms. The molecule has 0 aromatic carbocycles. The second kappa shape index (κ2) is 8.55. The van der Waals surface area contributed by atoms with Gasteiger partial charge in [0.2, 0.25) is 17.4 Å². The number of alkyl halides is 3. The number of hydrogen-bond acceptors (Lipinski definition) is 5. The Morgan fingerprint density at radius 2 is 2.15 bits per heavy atom. The molecule has 1 aliphatic heterocycles. The van der Waals surface area contributed by atoms with Crippen LogP contribution in [0.3, 0.4) is 0 Å². The summed E-state index contributed by atoms with van der Waals surface area (Å²) in [6.07, 6.45) is -4.31. The first kappa shape index (κ1) is 21.6. The first-order valence-corrected chi connectivity index (χ1v) is 9.73. The maximum Gasteiger partial charge on any atom is 0.424 e. The Kier molecular flexibility index (Phi) is 6.85. The Balaban J connectivity index is 2.12. The minimum atomic E-state index is -5.04. The molecule has 1 saturated heterocycles. The molecule has 10 heteroatoms. The average Bonchev–Trinajstić information content (AvgIpc) is 3.05. The van der Waals surface area contributed by atoms with Crippen LogP contribution < -0.4 is 5.32 Å². The van der Waals surface area contributed by atoms with Crippen molar-refractivity contribution < 1.29 is 27.9 Å². The molecule has 2 N–H and O–H groups in total. The van der Waals surface area contributed by atoms with Crippen LogP contribution in [0.15, 0.2) is 5.38 Å². The number of carbonyl (C=O) groups excluding carboxylic acids is 2.